The molecule has 0 aliphatic heterocycles. The zero-order chi connectivity index (χ0) is 7.56. The van der Waals surface area contributed by atoms with Gasteiger partial charge in [0, 0.05) is 22.2 Å². The normalized spacial score (nSPS) is 9.90. The number of pyridine rings is 1. The summed E-state index contributed by atoms with van der Waals surface area (Å²) in [6, 6.07) is 1.98. The van der Waals surface area contributed by atoms with Crippen molar-refractivity contribution in [2.45, 2.75) is 12.8 Å². The second kappa shape index (κ2) is 3.35. The van der Waals surface area contributed by atoms with E-state index in [1.165, 1.54) is 0 Å². The van der Waals surface area contributed by atoms with Gasteiger partial charge in [0.2, 0.25) is 0 Å². The summed E-state index contributed by atoms with van der Waals surface area (Å²) in [5.41, 5.74) is 2.08. The molecule has 0 bridgehead atoms. The number of hydrogen-bond donors (Lipinski definition) is 0. The Kier molecular flexibility index (Phi) is 2.69. The van der Waals surface area contributed by atoms with Crippen LogP contribution < -0.4 is 0 Å². The second-order valence-corrected chi connectivity index (χ2v) is 3.21. The van der Waals surface area contributed by atoms with E-state index >= 15 is 0 Å². The van der Waals surface area contributed by atoms with Gasteiger partial charge in [-0.25, -0.2) is 0 Å². The van der Waals surface area contributed by atoms with Crippen molar-refractivity contribution >= 4 is 27.5 Å². The number of rotatable bonds is 1. The quantitative estimate of drug-likeness (QED) is 0.663. The number of nitrogens with zero attached hydrogens (tertiary/aromatic N) is 1. The van der Waals surface area contributed by atoms with Crippen LogP contribution in [-0.4, -0.2) is 4.98 Å². The Labute approximate surface area is 73.6 Å². The number of hydrogen-bond acceptors (Lipinski definition) is 1. The third-order valence-electron chi connectivity index (χ3n) is 1.30. The molecule has 0 aromatic carbocycles. The van der Waals surface area contributed by atoms with Crippen LogP contribution in [0.3, 0.4) is 0 Å². The van der Waals surface area contributed by atoms with Crippen molar-refractivity contribution in [3.63, 3.8) is 0 Å². The fourth-order valence-corrected chi connectivity index (χ4v) is 1.33. The van der Waals surface area contributed by atoms with Crippen molar-refractivity contribution in [1.82, 2.24) is 4.98 Å². The zero-order valence-corrected chi connectivity index (χ0v) is 7.91. The summed E-state index contributed by atoms with van der Waals surface area (Å²) < 4.78 is 0.980. The molecule has 0 amide bonds. The van der Waals surface area contributed by atoms with E-state index in [0.29, 0.717) is 5.88 Å². The molecule has 0 saturated carbocycles. The lowest BCUT2D eigenvalue weighted by molar-refractivity contribution is 1.13. The smallest absolute Gasteiger partial charge is 0.0492 e. The second-order valence-electron chi connectivity index (χ2n) is 2.03. The number of halogens is 2. The molecule has 0 atom stereocenters. The summed E-state index contributed by atoms with van der Waals surface area (Å²) >= 11 is 8.96. The standard InChI is InChI=1S/C7H7BrClN/c1-5-6(3-9)2-7(8)4-10-5/h2,4H,3H2,1H3. The van der Waals surface area contributed by atoms with Gasteiger partial charge in [0.15, 0.2) is 0 Å². The molecule has 1 rings (SSSR count). The summed E-state index contributed by atoms with van der Waals surface area (Å²) in [5.74, 6) is 0.526. The molecule has 54 valence electrons. The van der Waals surface area contributed by atoms with E-state index in [4.69, 9.17) is 11.6 Å². The van der Waals surface area contributed by atoms with E-state index in [1.807, 2.05) is 13.0 Å². The van der Waals surface area contributed by atoms with Crippen LogP contribution in [0, 0.1) is 6.92 Å². The van der Waals surface area contributed by atoms with Gasteiger partial charge in [-0.15, -0.1) is 11.6 Å². The average molecular weight is 220 g/mol. The predicted molar refractivity (Wildman–Crippen MR) is 46.2 cm³/mol. The fraction of sp³-hybridized carbons (Fsp3) is 0.286. The third-order valence-corrected chi connectivity index (χ3v) is 2.02. The van der Waals surface area contributed by atoms with Crippen LogP contribution in [0.5, 0.6) is 0 Å². The molecule has 1 aromatic heterocycles. The third kappa shape index (κ3) is 1.70. The summed E-state index contributed by atoms with van der Waals surface area (Å²) in [7, 11) is 0. The molecule has 10 heavy (non-hydrogen) atoms. The van der Waals surface area contributed by atoms with Crippen molar-refractivity contribution in [3.8, 4) is 0 Å². The van der Waals surface area contributed by atoms with Gasteiger partial charge in [0.25, 0.3) is 0 Å². The molecule has 0 radical (unpaired) electrons. The summed E-state index contributed by atoms with van der Waals surface area (Å²) in [6.07, 6.45) is 1.77. The molecule has 0 aliphatic carbocycles. The maximum atomic E-state index is 5.64. The molecule has 0 saturated heterocycles. The Balaban J connectivity index is 3.09. The summed E-state index contributed by atoms with van der Waals surface area (Å²) in [4.78, 5) is 4.12. The van der Waals surface area contributed by atoms with Crippen LogP contribution in [0.15, 0.2) is 16.7 Å². The van der Waals surface area contributed by atoms with Gasteiger partial charge in [-0.1, -0.05) is 0 Å². The number of alkyl halides is 1. The summed E-state index contributed by atoms with van der Waals surface area (Å²) in [5, 5.41) is 0. The van der Waals surface area contributed by atoms with Gasteiger partial charge < -0.3 is 0 Å². The lowest BCUT2D eigenvalue weighted by Crippen LogP contribution is -1.87. The lowest BCUT2D eigenvalue weighted by atomic mass is 10.2. The molecule has 0 fully saturated rings. The van der Waals surface area contributed by atoms with Crippen LogP contribution in [0.25, 0.3) is 0 Å². The van der Waals surface area contributed by atoms with Crippen molar-refractivity contribution in [2.24, 2.45) is 0 Å². The maximum absolute atomic E-state index is 5.64. The van der Waals surface area contributed by atoms with Gasteiger partial charge >= 0.3 is 0 Å². The lowest BCUT2D eigenvalue weighted by Gasteiger charge is -1.99. The van der Waals surface area contributed by atoms with Crippen LogP contribution in [-0.2, 0) is 5.88 Å². The van der Waals surface area contributed by atoms with Crippen molar-refractivity contribution in [3.05, 3.63) is 28.0 Å². The molecule has 1 aromatic rings. The van der Waals surface area contributed by atoms with Crippen LogP contribution in [0.2, 0.25) is 0 Å². The molecule has 1 nitrogen and oxygen atoms in total. The minimum atomic E-state index is 0.526. The zero-order valence-electron chi connectivity index (χ0n) is 5.56. The average Bonchev–Trinajstić information content (AvgIpc) is 1.94. The predicted octanol–water partition coefficient (Wildman–Crippen LogP) is 2.89. The highest BCUT2D eigenvalue weighted by Crippen LogP contribution is 2.14. The SMILES string of the molecule is Cc1ncc(Br)cc1CCl. The maximum Gasteiger partial charge on any atom is 0.0492 e. The van der Waals surface area contributed by atoms with Gasteiger partial charge in [-0.3, -0.25) is 4.98 Å². The largest absolute Gasteiger partial charge is 0.260 e. The fourth-order valence-electron chi connectivity index (χ4n) is 0.685. The topological polar surface area (TPSA) is 12.9 Å². The monoisotopic (exact) mass is 219 g/mol. The molecule has 0 N–H and O–H groups in total. The molecule has 0 aliphatic rings. The molecular formula is C7H7BrClN. The molecule has 1 heterocycles. The highest BCUT2D eigenvalue weighted by molar-refractivity contribution is 9.10. The first-order chi connectivity index (χ1) is 4.74. The van der Waals surface area contributed by atoms with Gasteiger partial charge in [-0.05, 0) is 34.5 Å². The highest BCUT2D eigenvalue weighted by Gasteiger charge is 1.97. The first-order valence-electron chi connectivity index (χ1n) is 2.91. The van der Waals surface area contributed by atoms with E-state index in [0.717, 1.165) is 15.7 Å². The van der Waals surface area contributed by atoms with Gasteiger partial charge in [-0.2, -0.15) is 0 Å². The van der Waals surface area contributed by atoms with Crippen molar-refractivity contribution in [1.29, 1.82) is 0 Å². The minimum absolute atomic E-state index is 0.526. The molecular weight excluding hydrogens is 213 g/mol. The highest BCUT2D eigenvalue weighted by atomic mass is 79.9. The van der Waals surface area contributed by atoms with Gasteiger partial charge in [0.1, 0.15) is 0 Å². The van der Waals surface area contributed by atoms with E-state index in [-0.39, 0.29) is 0 Å². The summed E-state index contributed by atoms with van der Waals surface area (Å²) in [6.45, 7) is 1.95. The van der Waals surface area contributed by atoms with E-state index in [9.17, 15) is 0 Å². The first-order valence-corrected chi connectivity index (χ1v) is 4.24. The van der Waals surface area contributed by atoms with E-state index in [1.54, 1.807) is 6.20 Å². The van der Waals surface area contributed by atoms with Crippen LogP contribution in [0.1, 0.15) is 11.3 Å². The Morgan fingerprint density at radius 3 is 2.90 bits per heavy atom. The molecule has 0 spiro atoms. The van der Waals surface area contributed by atoms with E-state index < -0.39 is 0 Å². The van der Waals surface area contributed by atoms with Gasteiger partial charge in [0.05, 0.1) is 0 Å². The van der Waals surface area contributed by atoms with Crippen molar-refractivity contribution in [2.75, 3.05) is 0 Å². The van der Waals surface area contributed by atoms with Crippen LogP contribution >= 0.6 is 27.5 Å². The molecule has 0 unspecified atom stereocenters. The van der Waals surface area contributed by atoms with E-state index in [2.05, 4.69) is 20.9 Å². The van der Waals surface area contributed by atoms with Crippen molar-refractivity contribution < 1.29 is 0 Å². The first kappa shape index (κ1) is 8.02. The van der Waals surface area contributed by atoms with Crippen LogP contribution in [0.4, 0.5) is 0 Å². The Hall–Kier alpha value is -0.0800. The molecule has 3 heteroatoms. The Morgan fingerprint density at radius 2 is 2.40 bits per heavy atom. The number of aryl methyl sites for hydroxylation is 1. The Bertz CT molecular complexity index is 237. The minimum Gasteiger partial charge on any atom is -0.260 e. The Morgan fingerprint density at radius 1 is 1.70 bits per heavy atom. The number of aromatic nitrogens is 1.